The lowest BCUT2D eigenvalue weighted by atomic mass is 10.2. The lowest BCUT2D eigenvalue weighted by Crippen LogP contribution is -2.31. The van der Waals surface area contributed by atoms with Crippen LogP contribution in [0.25, 0.3) is 22.5 Å². The first-order valence-electron chi connectivity index (χ1n) is 9.72. The molecule has 2 heterocycles. The molecule has 1 amide bonds. The van der Waals surface area contributed by atoms with E-state index in [1.54, 1.807) is 12.3 Å². The van der Waals surface area contributed by atoms with Gasteiger partial charge in [0.1, 0.15) is 12.4 Å². The molecule has 0 aliphatic carbocycles. The number of furan rings is 1. The average molecular weight is 402 g/mol. The summed E-state index contributed by atoms with van der Waals surface area (Å²) in [6.07, 6.45) is 1.59. The summed E-state index contributed by atoms with van der Waals surface area (Å²) in [6.45, 7) is 1.40. The summed E-state index contributed by atoms with van der Waals surface area (Å²) in [7, 11) is 0. The molecule has 0 unspecified atom stereocenters. The van der Waals surface area contributed by atoms with Crippen molar-refractivity contribution in [2.24, 2.45) is 0 Å². The summed E-state index contributed by atoms with van der Waals surface area (Å²) >= 11 is 0. The second-order valence-electron chi connectivity index (χ2n) is 6.65. The molecule has 4 rings (SSSR count). The van der Waals surface area contributed by atoms with Gasteiger partial charge in [-0.1, -0.05) is 42.5 Å². The highest BCUT2D eigenvalue weighted by Crippen LogP contribution is 2.24. The van der Waals surface area contributed by atoms with Gasteiger partial charge in [0.25, 0.3) is 0 Å². The molecule has 30 heavy (non-hydrogen) atoms. The standard InChI is InChI=1S/C23H22N4O3/c28-21(16-29-15-17-7-2-1-3-8-17)24-12-13-25-22-18-9-4-5-10-19(18)26-23(27-22)20-11-6-14-30-20/h1-11,14H,12-13,15-16H2,(H,24,28)(H,25,26,27). The molecule has 0 saturated heterocycles. The third-order valence-corrected chi connectivity index (χ3v) is 4.43. The van der Waals surface area contributed by atoms with E-state index in [2.05, 4.69) is 20.6 Å². The Kier molecular flexibility index (Phi) is 6.31. The van der Waals surface area contributed by atoms with Crippen LogP contribution < -0.4 is 10.6 Å². The number of hydrogen-bond acceptors (Lipinski definition) is 6. The van der Waals surface area contributed by atoms with Crippen molar-refractivity contribution in [2.45, 2.75) is 6.61 Å². The zero-order valence-corrected chi connectivity index (χ0v) is 16.4. The molecule has 7 nitrogen and oxygen atoms in total. The predicted octanol–water partition coefficient (Wildman–Crippen LogP) is 3.63. The van der Waals surface area contributed by atoms with Crippen molar-refractivity contribution < 1.29 is 13.9 Å². The number of fused-ring (bicyclic) bond motifs is 1. The first-order valence-corrected chi connectivity index (χ1v) is 9.72. The van der Waals surface area contributed by atoms with E-state index in [4.69, 9.17) is 9.15 Å². The smallest absolute Gasteiger partial charge is 0.246 e. The van der Waals surface area contributed by atoms with Crippen molar-refractivity contribution in [1.82, 2.24) is 15.3 Å². The van der Waals surface area contributed by atoms with Gasteiger partial charge in [-0.2, -0.15) is 0 Å². The number of aromatic nitrogens is 2. The van der Waals surface area contributed by atoms with Crippen LogP contribution in [0.3, 0.4) is 0 Å². The van der Waals surface area contributed by atoms with Gasteiger partial charge in [-0.3, -0.25) is 4.79 Å². The van der Waals surface area contributed by atoms with Crippen molar-refractivity contribution in [1.29, 1.82) is 0 Å². The molecule has 2 N–H and O–H groups in total. The number of carbonyl (C=O) groups is 1. The fourth-order valence-corrected chi connectivity index (χ4v) is 3.00. The number of para-hydroxylation sites is 1. The number of benzene rings is 2. The van der Waals surface area contributed by atoms with E-state index < -0.39 is 0 Å². The normalized spacial score (nSPS) is 10.8. The van der Waals surface area contributed by atoms with Gasteiger partial charge in [0.05, 0.1) is 18.4 Å². The first-order chi connectivity index (χ1) is 14.8. The Balaban J connectivity index is 1.30. The Hall–Kier alpha value is -3.71. The van der Waals surface area contributed by atoms with Gasteiger partial charge in [-0.05, 0) is 29.8 Å². The summed E-state index contributed by atoms with van der Waals surface area (Å²) in [5, 5.41) is 7.03. The summed E-state index contributed by atoms with van der Waals surface area (Å²) in [5.41, 5.74) is 1.86. The van der Waals surface area contributed by atoms with Crippen LogP contribution in [0.15, 0.2) is 77.4 Å². The highest BCUT2D eigenvalue weighted by atomic mass is 16.5. The van der Waals surface area contributed by atoms with E-state index in [1.807, 2.05) is 60.7 Å². The number of rotatable bonds is 9. The molecular formula is C23H22N4O3. The minimum absolute atomic E-state index is 0.0218. The Bertz CT molecular complexity index is 1100. The van der Waals surface area contributed by atoms with Crippen LogP contribution in [0.4, 0.5) is 5.82 Å². The largest absolute Gasteiger partial charge is 0.461 e. The summed E-state index contributed by atoms with van der Waals surface area (Å²) in [4.78, 5) is 21.1. The number of ether oxygens (including phenoxy) is 1. The highest BCUT2D eigenvalue weighted by molar-refractivity contribution is 5.90. The Morgan fingerprint density at radius 2 is 1.77 bits per heavy atom. The quantitative estimate of drug-likeness (QED) is 0.416. The van der Waals surface area contributed by atoms with Gasteiger partial charge < -0.3 is 19.8 Å². The SMILES string of the molecule is O=C(COCc1ccccc1)NCCNc1nc(-c2ccco2)nc2ccccc12. The van der Waals surface area contributed by atoms with Crippen LogP contribution in [0, 0.1) is 0 Å². The summed E-state index contributed by atoms with van der Waals surface area (Å²) in [5.74, 6) is 1.66. The highest BCUT2D eigenvalue weighted by Gasteiger charge is 2.11. The zero-order valence-electron chi connectivity index (χ0n) is 16.4. The topological polar surface area (TPSA) is 89.3 Å². The van der Waals surface area contributed by atoms with Crippen LogP contribution in [0.1, 0.15) is 5.56 Å². The second-order valence-corrected chi connectivity index (χ2v) is 6.65. The average Bonchev–Trinajstić information content (AvgIpc) is 3.32. The van der Waals surface area contributed by atoms with Gasteiger partial charge in [0.15, 0.2) is 11.6 Å². The van der Waals surface area contributed by atoms with Gasteiger partial charge in [0.2, 0.25) is 5.91 Å². The summed E-state index contributed by atoms with van der Waals surface area (Å²) < 4.78 is 10.9. The number of carbonyl (C=O) groups excluding carboxylic acids is 1. The number of nitrogens with zero attached hydrogens (tertiary/aromatic N) is 2. The summed E-state index contributed by atoms with van der Waals surface area (Å²) in [6, 6.07) is 21.1. The van der Waals surface area contributed by atoms with E-state index in [1.165, 1.54) is 0 Å². The molecule has 0 fully saturated rings. The van der Waals surface area contributed by atoms with E-state index >= 15 is 0 Å². The van der Waals surface area contributed by atoms with Crippen LogP contribution >= 0.6 is 0 Å². The number of nitrogens with one attached hydrogen (secondary N) is 2. The fourth-order valence-electron chi connectivity index (χ4n) is 3.00. The molecule has 2 aromatic heterocycles. The minimum Gasteiger partial charge on any atom is -0.461 e. The van der Waals surface area contributed by atoms with Crippen LogP contribution in [0.2, 0.25) is 0 Å². The Morgan fingerprint density at radius 3 is 2.60 bits per heavy atom. The zero-order chi connectivity index (χ0) is 20.6. The molecule has 0 spiro atoms. The van der Waals surface area contributed by atoms with Crippen molar-refractivity contribution >= 4 is 22.6 Å². The maximum absolute atomic E-state index is 12.0. The fraction of sp³-hybridized carbons (Fsp3) is 0.174. The van der Waals surface area contributed by atoms with Crippen LogP contribution in [0.5, 0.6) is 0 Å². The van der Waals surface area contributed by atoms with Crippen molar-refractivity contribution in [3.8, 4) is 11.6 Å². The molecular weight excluding hydrogens is 380 g/mol. The van der Waals surface area contributed by atoms with Crippen LogP contribution in [-0.2, 0) is 16.1 Å². The van der Waals surface area contributed by atoms with E-state index in [0.29, 0.717) is 37.1 Å². The van der Waals surface area contributed by atoms with E-state index in [-0.39, 0.29) is 12.5 Å². The number of amides is 1. The van der Waals surface area contributed by atoms with Gasteiger partial charge in [-0.15, -0.1) is 0 Å². The maximum atomic E-state index is 12.0. The van der Waals surface area contributed by atoms with Gasteiger partial charge in [0, 0.05) is 18.5 Å². The monoisotopic (exact) mass is 402 g/mol. The van der Waals surface area contributed by atoms with Crippen molar-refractivity contribution in [3.63, 3.8) is 0 Å². The number of anilines is 1. The molecule has 0 bridgehead atoms. The van der Waals surface area contributed by atoms with Crippen LogP contribution in [-0.4, -0.2) is 35.6 Å². The number of hydrogen-bond donors (Lipinski definition) is 2. The molecule has 0 aliphatic heterocycles. The van der Waals surface area contributed by atoms with E-state index in [0.717, 1.165) is 16.5 Å². The molecule has 152 valence electrons. The molecule has 2 aromatic carbocycles. The maximum Gasteiger partial charge on any atom is 0.246 e. The molecule has 4 aromatic rings. The Labute approximate surface area is 174 Å². The Morgan fingerprint density at radius 1 is 0.933 bits per heavy atom. The predicted molar refractivity (Wildman–Crippen MR) is 115 cm³/mol. The third kappa shape index (κ3) is 5.01. The third-order valence-electron chi connectivity index (χ3n) is 4.43. The molecule has 0 saturated carbocycles. The minimum atomic E-state index is -0.156. The van der Waals surface area contributed by atoms with Crippen molar-refractivity contribution in [2.75, 3.05) is 25.0 Å². The van der Waals surface area contributed by atoms with Gasteiger partial charge >= 0.3 is 0 Å². The second kappa shape index (κ2) is 9.67. The van der Waals surface area contributed by atoms with E-state index in [9.17, 15) is 4.79 Å². The molecule has 0 aliphatic rings. The first kappa shape index (κ1) is 19.6. The molecule has 0 radical (unpaired) electrons. The van der Waals surface area contributed by atoms with Crippen molar-refractivity contribution in [3.05, 3.63) is 78.6 Å². The van der Waals surface area contributed by atoms with Gasteiger partial charge in [-0.25, -0.2) is 9.97 Å². The molecule has 7 heteroatoms. The lowest BCUT2D eigenvalue weighted by Gasteiger charge is -2.11. The lowest BCUT2D eigenvalue weighted by molar-refractivity contribution is -0.126. The molecule has 0 atom stereocenters.